The van der Waals surface area contributed by atoms with Gasteiger partial charge in [0.05, 0.1) is 11.2 Å². The Labute approximate surface area is 160 Å². The fourth-order valence-electron chi connectivity index (χ4n) is 4.00. The van der Waals surface area contributed by atoms with Crippen molar-refractivity contribution in [2.75, 3.05) is 0 Å². The van der Waals surface area contributed by atoms with Crippen molar-refractivity contribution >= 4 is 10.9 Å². The van der Waals surface area contributed by atoms with Crippen LogP contribution in [0.5, 0.6) is 5.75 Å². The number of rotatable bonds is 6. The van der Waals surface area contributed by atoms with E-state index in [1.165, 1.54) is 32.1 Å². The molecule has 2 aromatic carbocycles. The standard InChI is InChI=1S/C23H26N2O2/c24-27-23(18-7-2-1-3-8-18)19-11-14-21(15-12-19)26-16-20-13-10-17-6-4-5-9-22(17)25-20/h4-6,9-15,18,23H,1-3,7-8,16,24H2. The van der Waals surface area contributed by atoms with Crippen molar-refractivity contribution in [3.8, 4) is 5.75 Å². The average Bonchev–Trinajstić information content (AvgIpc) is 2.74. The summed E-state index contributed by atoms with van der Waals surface area (Å²) in [6.07, 6.45) is 6.21. The minimum atomic E-state index is -0.0264. The third-order valence-electron chi connectivity index (χ3n) is 5.48. The van der Waals surface area contributed by atoms with Crippen molar-refractivity contribution in [2.24, 2.45) is 11.8 Å². The fourth-order valence-corrected chi connectivity index (χ4v) is 4.00. The summed E-state index contributed by atoms with van der Waals surface area (Å²) in [4.78, 5) is 9.98. The fraction of sp³-hybridized carbons (Fsp3) is 0.348. The van der Waals surface area contributed by atoms with Crippen LogP contribution >= 0.6 is 0 Å². The summed E-state index contributed by atoms with van der Waals surface area (Å²) < 4.78 is 5.92. The average molecular weight is 362 g/mol. The van der Waals surface area contributed by atoms with Crippen LogP contribution in [0.4, 0.5) is 0 Å². The molecule has 1 saturated carbocycles. The van der Waals surface area contributed by atoms with Crippen molar-refractivity contribution in [3.63, 3.8) is 0 Å². The summed E-state index contributed by atoms with van der Waals surface area (Å²) in [7, 11) is 0. The van der Waals surface area contributed by atoms with Crippen LogP contribution in [0.2, 0.25) is 0 Å². The molecule has 0 radical (unpaired) electrons. The summed E-state index contributed by atoms with van der Waals surface area (Å²) in [6.45, 7) is 0.448. The SMILES string of the molecule is NOC(c1ccc(OCc2ccc3ccccc3n2)cc1)C1CCCCC1. The number of hydrogen-bond acceptors (Lipinski definition) is 4. The molecule has 1 heterocycles. The summed E-state index contributed by atoms with van der Waals surface area (Å²) in [6, 6.07) is 20.3. The van der Waals surface area contributed by atoms with Gasteiger partial charge in [-0.05, 0) is 48.6 Å². The van der Waals surface area contributed by atoms with Gasteiger partial charge in [0.1, 0.15) is 18.5 Å². The maximum absolute atomic E-state index is 5.92. The van der Waals surface area contributed by atoms with E-state index in [9.17, 15) is 0 Å². The highest BCUT2D eigenvalue weighted by Crippen LogP contribution is 2.36. The first-order chi connectivity index (χ1) is 13.3. The van der Waals surface area contributed by atoms with Gasteiger partial charge in [-0.3, -0.25) is 4.84 Å². The Morgan fingerprint density at radius 1 is 0.926 bits per heavy atom. The second-order valence-electron chi connectivity index (χ2n) is 7.31. The summed E-state index contributed by atoms with van der Waals surface area (Å²) in [5.41, 5.74) is 3.04. The Balaban J connectivity index is 1.40. The Hall–Kier alpha value is -2.43. The molecule has 1 aliphatic rings. The van der Waals surface area contributed by atoms with E-state index in [-0.39, 0.29) is 6.10 Å². The number of aromatic nitrogens is 1. The summed E-state index contributed by atoms with van der Waals surface area (Å²) >= 11 is 0. The first-order valence-corrected chi connectivity index (χ1v) is 9.76. The molecule has 2 N–H and O–H groups in total. The van der Waals surface area contributed by atoms with Gasteiger partial charge in [0, 0.05) is 5.39 Å². The minimum Gasteiger partial charge on any atom is -0.487 e. The van der Waals surface area contributed by atoms with Crippen LogP contribution in [-0.4, -0.2) is 4.98 Å². The molecule has 1 unspecified atom stereocenters. The Morgan fingerprint density at radius 2 is 1.70 bits per heavy atom. The van der Waals surface area contributed by atoms with Gasteiger partial charge in [0.15, 0.2) is 0 Å². The molecule has 27 heavy (non-hydrogen) atoms. The molecule has 4 rings (SSSR count). The van der Waals surface area contributed by atoms with E-state index in [4.69, 9.17) is 15.5 Å². The summed E-state index contributed by atoms with van der Waals surface area (Å²) in [5.74, 6) is 6.95. The smallest absolute Gasteiger partial charge is 0.130 e. The molecular weight excluding hydrogens is 336 g/mol. The lowest BCUT2D eigenvalue weighted by Gasteiger charge is -2.28. The summed E-state index contributed by atoms with van der Waals surface area (Å²) in [5, 5.41) is 1.14. The molecule has 1 atom stereocenters. The van der Waals surface area contributed by atoms with Crippen LogP contribution in [0.1, 0.15) is 49.5 Å². The number of nitrogens with zero attached hydrogens (tertiary/aromatic N) is 1. The van der Waals surface area contributed by atoms with Crippen molar-refractivity contribution in [3.05, 3.63) is 71.9 Å². The van der Waals surface area contributed by atoms with Gasteiger partial charge < -0.3 is 4.74 Å². The third kappa shape index (κ3) is 4.29. The molecule has 0 amide bonds. The molecule has 1 aliphatic carbocycles. The van der Waals surface area contributed by atoms with Crippen molar-refractivity contribution in [2.45, 2.75) is 44.8 Å². The lowest BCUT2D eigenvalue weighted by molar-refractivity contribution is -0.00278. The predicted octanol–water partition coefficient (Wildman–Crippen LogP) is 5.33. The number of fused-ring (bicyclic) bond motifs is 1. The van der Waals surface area contributed by atoms with Crippen LogP contribution in [0.3, 0.4) is 0 Å². The second kappa shape index (κ2) is 8.51. The van der Waals surface area contributed by atoms with E-state index < -0.39 is 0 Å². The van der Waals surface area contributed by atoms with Gasteiger partial charge in [0.25, 0.3) is 0 Å². The molecule has 4 heteroatoms. The molecule has 0 spiro atoms. The van der Waals surface area contributed by atoms with Gasteiger partial charge in [-0.25, -0.2) is 10.9 Å². The largest absolute Gasteiger partial charge is 0.487 e. The molecule has 0 aliphatic heterocycles. The van der Waals surface area contributed by atoms with Crippen molar-refractivity contribution in [1.82, 2.24) is 4.98 Å². The first-order valence-electron chi connectivity index (χ1n) is 9.76. The van der Waals surface area contributed by atoms with Gasteiger partial charge >= 0.3 is 0 Å². The Morgan fingerprint density at radius 3 is 2.48 bits per heavy atom. The van der Waals surface area contributed by atoms with E-state index >= 15 is 0 Å². The van der Waals surface area contributed by atoms with E-state index in [0.29, 0.717) is 12.5 Å². The lowest BCUT2D eigenvalue weighted by atomic mass is 9.83. The zero-order valence-electron chi connectivity index (χ0n) is 15.5. The molecule has 3 aromatic rings. The highest BCUT2D eigenvalue weighted by molar-refractivity contribution is 5.78. The monoisotopic (exact) mass is 362 g/mol. The van der Waals surface area contributed by atoms with Crippen LogP contribution in [0.25, 0.3) is 10.9 Å². The molecular formula is C23H26N2O2. The minimum absolute atomic E-state index is 0.0264. The molecule has 0 bridgehead atoms. The quantitative estimate of drug-likeness (QED) is 0.603. The number of nitrogens with two attached hydrogens (primary N) is 1. The normalized spacial score (nSPS) is 16.3. The van der Waals surface area contributed by atoms with E-state index in [2.05, 4.69) is 29.2 Å². The molecule has 0 saturated heterocycles. The second-order valence-corrected chi connectivity index (χ2v) is 7.31. The molecule has 4 nitrogen and oxygen atoms in total. The number of pyridine rings is 1. The van der Waals surface area contributed by atoms with Crippen molar-refractivity contribution in [1.29, 1.82) is 0 Å². The van der Waals surface area contributed by atoms with Gasteiger partial charge in [-0.2, -0.15) is 0 Å². The van der Waals surface area contributed by atoms with Crippen LogP contribution < -0.4 is 10.6 Å². The van der Waals surface area contributed by atoms with Crippen LogP contribution in [0, 0.1) is 5.92 Å². The maximum atomic E-state index is 5.92. The highest BCUT2D eigenvalue weighted by atomic mass is 16.6. The van der Waals surface area contributed by atoms with Crippen LogP contribution in [0.15, 0.2) is 60.7 Å². The van der Waals surface area contributed by atoms with E-state index in [1.54, 1.807) is 0 Å². The van der Waals surface area contributed by atoms with Gasteiger partial charge in [0.2, 0.25) is 0 Å². The zero-order valence-corrected chi connectivity index (χ0v) is 15.5. The van der Waals surface area contributed by atoms with E-state index in [1.807, 2.05) is 36.4 Å². The molecule has 1 aromatic heterocycles. The van der Waals surface area contributed by atoms with E-state index in [0.717, 1.165) is 27.9 Å². The molecule has 140 valence electrons. The number of hydrogen-bond donors (Lipinski definition) is 1. The Bertz CT molecular complexity index is 873. The molecule has 1 fully saturated rings. The number of ether oxygens (including phenoxy) is 1. The number of benzene rings is 2. The third-order valence-corrected chi connectivity index (χ3v) is 5.48. The predicted molar refractivity (Wildman–Crippen MR) is 107 cm³/mol. The van der Waals surface area contributed by atoms with Gasteiger partial charge in [-0.15, -0.1) is 0 Å². The number of para-hydroxylation sites is 1. The van der Waals surface area contributed by atoms with Crippen molar-refractivity contribution < 1.29 is 9.57 Å². The highest BCUT2D eigenvalue weighted by Gasteiger charge is 2.25. The van der Waals surface area contributed by atoms with Crippen LogP contribution in [-0.2, 0) is 11.4 Å². The topological polar surface area (TPSA) is 57.4 Å². The maximum Gasteiger partial charge on any atom is 0.130 e. The van der Waals surface area contributed by atoms with Gasteiger partial charge in [-0.1, -0.05) is 55.7 Å². The first kappa shape index (κ1) is 18.0. The zero-order chi connectivity index (χ0) is 18.5. The lowest BCUT2D eigenvalue weighted by Crippen LogP contribution is -2.21. The Kier molecular flexibility index (Phi) is 5.66.